The van der Waals surface area contributed by atoms with Crippen molar-refractivity contribution >= 4 is 5.97 Å². The van der Waals surface area contributed by atoms with E-state index in [-0.39, 0.29) is 41.4 Å². The predicted octanol–water partition coefficient (Wildman–Crippen LogP) is 1.99. The number of hydrogen-bond donors (Lipinski definition) is 2. The molecular weight excluding hydrogens is 526 g/mol. The summed E-state index contributed by atoms with van der Waals surface area (Å²) >= 11 is 0. The molecule has 41 heavy (non-hydrogen) atoms. The molecule has 6 fully saturated rings. The number of aliphatic hydroxyl groups is 2. The molecule has 7 rings (SSSR count). The lowest BCUT2D eigenvalue weighted by Crippen LogP contribution is -2.77. The number of likely N-dealkylation sites (tertiary alicyclic amines) is 1. The van der Waals surface area contributed by atoms with Crippen molar-refractivity contribution in [2.24, 2.45) is 40.4 Å². The molecule has 2 N–H and O–H groups in total. The van der Waals surface area contributed by atoms with Crippen molar-refractivity contribution in [1.29, 1.82) is 0 Å². The maximum atomic E-state index is 13.5. The lowest BCUT2D eigenvalue weighted by atomic mass is 9.43. The third kappa shape index (κ3) is 3.29. The van der Waals surface area contributed by atoms with Crippen LogP contribution in [0.3, 0.4) is 0 Å². The van der Waals surface area contributed by atoms with E-state index in [1.165, 1.54) is 0 Å². The van der Waals surface area contributed by atoms with Gasteiger partial charge in [0, 0.05) is 87.9 Å². The van der Waals surface area contributed by atoms with E-state index in [4.69, 9.17) is 23.7 Å². The molecule has 9 nitrogen and oxygen atoms in total. The van der Waals surface area contributed by atoms with Gasteiger partial charge in [-0.25, -0.2) is 4.79 Å². The molecule has 0 aromatic heterocycles. The summed E-state index contributed by atoms with van der Waals surface area (Å²) in [7, 11) is 6.93. The lowest BCUT2D eigenvalue weighted by Gasteiger charge is -2.69. The molecule has 14 atom stereocenters. The number of carbonyl (C=O) groups excluding carboxylic acids is 1. The quantitative estimate of drug-likeness (QED) is 0.453. The number of rotatable bonds is 8. The summed E-state index contributed by atoms with van der Waals surface area (Å²) in [5.74, 6) is -2.00. The van der Waals surface area contributed by atoms with Crippen molar-refractivity contribution < 1.29 is 38.7 Å². The van der Waals surface area contributed by atoms with Crippen LogP contribution in [0.2, 0.25) is 0 Å². The molecular formula is C32H45NO8. The van der Waals surface area contributed by atoms with Gasteiger partial charge in [0.25, 0.3) is 0 Å². The minimum absolute atomic E-state index is 0.0101. The first-order chi connectivity index (χ1) is 19.8. The highest BCUT2D eigenvalue weighted by Crippen LogP contribution is 2.79. The molecule has 226 valence electrons. The Balaban J connectivity index is 1.45. The maximum Gasteiger partial charge on any atom is 0.338 e. The van der Waals surface area contributed by atoms with Crippen molar-refractivity contribution in [3.63, 3.8) is 0 Å². The van der Waals surface area contributed by atoms with Crippen molar-refractivity contribution in [1.82, 2.24) is 4.90 Å². The summed E-state index contributed by atoms with van der Waals surface area (Å²) in [6.45, 7) is 4.42. The molecule has 1 aromatic rings. The molecule has 1 spiro atoms. The molecule has 7 bridgehead atoms. The first kappa shape index (κ1) is 28.2. The van der Waals surface area contributed by atoms with Gasteiger partial charge in [0.1, 0.15) is 6.10 Å². The molecule has 1 aliphatic heterocycles. The molecule has 1 aromatic carbocycles. The van der Waals surface area contributed by atoms with Crippen LogP contribution in [0.15, 0.2) is 30.3 Å². The Hall–Kier alpha value is -1.59. The third-order valence-electron chi connectivity index (χ3n) is 12.6. The van der Waals surface area contributed by atoms with Crippen LogP contribution in [0.4, 0.5) is 0 Å². The standard InChI is InChI=1S/C32H45NO8/c1-6-33-15-30(16-37-2)13-12-19(39-4)32-21-22-25(41-29(35)17-10-8-7-9-11-17)20(24(21)34)18(38-3)14-31(22,36)23(28(32)33)26(40-5)27(30)32/h7-11,18-28,34,36H,6,12-16H2,1-5H3/t18-,19?,20-,21-,22+,23-,24?,25-,26-,27+,28+,30-,31+,32+/m0/s1. The zero-order valence-corrected chi connectivity index (χ0v) is 24.8. The van der Waals surface area contributed by atoms with Crippen LogP contribution in [0.25, 0.3) is 0 Å². The van der Waals surface area contributed by atoms with E-state index in [0.29, 0.717) is 18.6 Å². The second-order valence-electron chi connectivity index (χ2n) is 13.6. The Morgan fingerprint density at radius 3 is 2.41 bits per heavy atom. The van der Waals surface area contributed by atoms with Crippen LogP contribution >= 0.6 is 0 Å². The summed E-state index contributed by atoms with van der Waals surface area (Å²) in [4.78, 5) is 16.0. The van der Waals surface area contributed by atoms with Gasteiger partial charge >= 0.3 is 5.97 Å². The van der Waals surface area contributed by atoms with Gasteiger partial charge in [-0.15, -0.1) is 0 Å². The van der Waals surface area contributed by atoms with Gasteiger partial charge in [-0.05, 0) is 31.5 Å². The summed E-state index contributed by atoms with van der Waals surface area (Å²) in [5, 5.41) is 25.6. The monoisotopic (exact) mass is 571 g/mol. The zero-order chi connectivity index (χ0) is 28.9. The topological polar surface area (TPSA) is 107 Å². The molecule has 0 radical (unpaired) electrons. The van der Waals surface area contributed by atoms with Crippen molar-refractivity contribution in [2.45, 2.75) is 68.3 Å². The zero-order valence-electron chi connectivity index (χ0n) is 24.8. The van der Waals surface area contributed by atoms with Crippen molar-refractivity contribution in [3.05, 3.63) is 35.9 Å². The number of carbonyl (C=O) groups is 1. The number of fused-ring (bicyclic) bond motifs is 2. The van der Waals surface area contributed by atoms with E-state index in [1.807, 2.05) is 18.2 Å². The Labute approximate surface area is 242 Å². The Morgan fingerprint density at radius 1 is 1.02 bits per heavy atom. The average Bonchev–Trinajstić information content (AvgIpc) is 3.34. The van der Waals surface area contributed by atoms with E-state index < -0.39 is 47.1 Å². The fourth-order valence-electron chi connectivity index (χ4n) is 11.9. The Morgan fingerprint density at radius 2 is 1.78 bits per heavy atom. The highest BCUT2D eigenvalue weighted by Gasteiger charge is 2.88. The van der Waals surface area contributed by atoms with Crippen LogP contribution in [-0.2, 0) is 23.7 Å². The third-order valence-corrected chi connectivity index (χ3v) is 12.6. The minimum atomic E-state index is -1.27. The molecule has 1 saturated heterocycles. The predicted molar refractivity (Wildman–Crippen MR) is 148 cm³/mol. The summed E-state index contributed by atoms with van der Waals surface area (Å²) in [5.41, 5.74) is -1.55. The number of hydrogen-bond acceptors (Lipinski definition) is 9. The van der Waals surface area contributed by atoms with Crippen LogP contribution in [0, 0.1) is 40.4 Å². The molecule has 2 unspecified atom stereocenters. The van der Waals surface area contributed by atoms with Crippen LogP contribution in [0.1, 0.15) is 36.5 Å². The number of piperidine rings is 1. The van der Waals surface area contributed by atoms with Crippen molar-refractivity contribution in [2.75, 3.05) is 48.1 Å². The van der Waals surface area contributed by atoms with Crippen LogP contribution in [0.5, 0.6) is 0 Å². The lowest BCUT2D eigenvalue weighted by molar-refractivity contribution is -0.281. The van der Waals surface area contributed by atoms with Gasteiger partial charge in [-0.3, -0.25) is 4.90 Å². The Bertz CT molecular complexity index is 1170. The van der Waals surface area contributed by atoms with E-state index in [9.17, 15) is 15.0 Å². The maximum absolute atomic E-state index is 13.5. The highest BCUT2D eigenvalue weighted by atomic mass is 16.6. The molecule has 1 heterocycles. The van der Waals surface area contributed by atoms with Crippen molar-refractivity contribution in [3.8, 4) is 0 Å². The molecule has 5 aliphatic carbocycles. The van der Waals surface area contributed by atoms with E-state index in [1.54, 1.807) is 40.6 Å². The number of nitrogens with zero attached hydrogens (tertiary/aromatic N) is 1. The molecule has 9 heteroatoms. The smallest absolute Gasteiger partial charge is 0.338 e. The molecule has 0 amide bonds. The van der Waals surface area contributed by atoms with Crippen LogP contribution in [-0.4, -0.2) is 111 Å². The number of methoxy groups -OCH3 is 4. The highest BCUT2D eigenvalue weighted by molar-refractivity contribution is 5.89. The SMILES string of the molecule is CCN1C[C@]2(COC)CCC(OC)[C@@]34[C@@H]5C(O)[C@H]6[C@H](OC(=O)c7ccccc7)[C@@H]5[C@](O)(C[C@@H]6OC)[C@@H]([C@H](OC)[C@H]23)[C@@H]14. The fourth-order valence-corrected chi connectivity index (χ4v) is 11.9. The van der Waals surface area contributed by atoms with Gasteiger partial charge in [-0.1, -0.05) is 25.1 Å². The first-order valence-corrected chi connectivity index (χ1v) is 15.3. The number of benzene rings is 1. The average molecular weight is 572 g/mol. The molecule has 5 saturated carbocycles. The second kappa shape index (κ2) is 9.71. The normalized spacial score (nSPS) is 51.0. The fraction of sp³-hybridized carbons (Fsp3) is 0.781. The number of aliphatic hydroxyl groups excluding tert-OH is 1. The van der Waals surface area contributed by atoms with Crippen LogP contribution < -0.4 is 0 Å². The van der Waals surface area contributed by atoms with Gasteiger partial charge < -0.3 is 33.9 Å². The second-order valence-corrected chi connectivity index (χ2v) is 13.6. The largest absolute Gasteiger partial charge is 0.458 e. The number of esters is 1. The molecule has 6 aliphatic rings. The summed E-state index contributed by atoms with van der Waals surface area (Å²) < 4.78 is 31.2. The van der Waals surface area contributed by atoms with E-state index in [2.05, 4.69) is 11.8 Å². The Kier molecular flexibility index (Phi) is 6.68. The summed E-state index contributed by atoms with van der Waals surface area (Å²) in [6.07, 6.45) is -0.306. The van der Waals surface area contributed by atoms with Gasteiger partial charge in [0.2, 0.25) is 0 Å². The van der Waals surface area contributed by atoms with E-state index >= 15 is 0 Å². The first-order valence-electron chi connectivity index (χ1n) is 15.3. The number of ether oxygens (including phenoxy) is 5. The van der Waals surface area contributed by atoms with Gasteiger partial charge in [0.15, 0.2) is 0 Å². The van der Waals surface area contributed by atoms with Gasteiger partial charge in [-0.2, -0.15) is 0 Å². The van der Waals surface area contributed by atoms with E-state index in [0.717, 1.165) is 25.9 Å². The summed E-state index contributed by atoms with van der Waals surface area (Å²) in [6, 6.07) is 8.90. The minimum Gasteiger partial charge on any atom is -0.458 e. The van der Waals surface area contributed by atoms with Gasteiger partial charge in [0.05, 0.1) is 42.2 Å².